The number of aliphatic hydroxyl groups excluding tert-OH is 1. The number of benzene rings is 1. The number of amides is 2. The van der Waals surface area contributed by atoms with Crippen molar-refractivity contribution in [3.05, 3.63) is 35.9 Å². The molecule has 1 unspecified atom stereocenters. The summed E-state index contributed by atoms with van der Waals surface area (Å²) < 4.78 is 0. The van der Waals surface area contributed by atoms with Gasteiger partial charge in [0, 0.05) is 13.6 Å². The van der Waals surface area contributed by atoms with E-state index in [9.17, 15) is 19.8 Å². The van der Waals surface area contributed by atoms with Gasteiger partial charge in [-0.15, -0.1) is 0 Å². The lowest BCUT2D eigenvalue weighted by atomic mass is 10.1. The summed E-state index contributed by atoms with van der Waals surface area (Å²) in [5.74, 6) is -1.12. The van der Waals surface area contributed by atoms with Crippen LogP contribution in [0.25, 0.3) is 0 Å². The average Bonchev–Trinajstić information content (AvgIpc) is 2.42. The first-order chi connectivity index (χ1) is 9.41. The quantitative estimate of drug-likeness (QED) is 0.731. The van der Waals surface area contributed by atoms with Gasteiger partial charge in [0.15, 0.2) is 6.04 Å². The van der Waals surface area contributed by atoms with E-state index in [0.717, 1.165) is 0 Å². The summed E-state index contributed by atoms with van der Waals surface area (Å²) in [7, 11) is 1.56. The zero-order valence-corrected chi connectivity index (χ0v) is 11.6. The third-order valence-electron chi connectivity index (χ3n) is 2.88. The number of carbonyl (C=O) groups excluding carboxylic acids is 1. The first-order valence-corrected chi connectivity index (χ1v) is 6.39. The number of hydrogen-bond acceptors (Lipinski definition) is 3. The van der Waals surface area contributed by atoms with Crippen LogP contribution in [0.3, 0.4) is 0 Å². The van der Waals surface area contributed by atoms with Crippen LogP contribution in [0.4, 0.5) is 4.79 Å². The first kappa shape index (κ1) is 16.0. The maximum absolute atomic E-state index is 11.9. The van der Waals surface area contributed by atoms with Crippen LogP contribution in [-0.4, -0.2) is 46.8 Å². The molecule has 0 bridgehead atoms. The highest BCUT2D eigenvalue weighted by molar-refractivity contribution is 5.83. The Morgan fingerprint density at radius 2 is 1.90 bits per heavy atom. The van der Waals surface area contributed by atoms with Crippen LogP contribution in [0.15, 0.2) is 30.3 Å². The van der Waals surface area contributed by atoms with E-state index in [1.54, 1.807) is 44.3 Å². The molecule has 20 heavy (non-hydrogen) atoms. The lowest BCUT2D eigenvalue weighted by Gasteiger charge is -2.22. The minimum Gasteiger partial charge on any atom is -0.479 e. The number of carboxylic acid groups (broad SMARTS) is 1. The maximum Gasteiger partial charge on any atom is 0.330 e. The van der Waals surface area contributed by atoms with Crippen LogP contribution < -0.4 is 5.32 Å². The maximum atomic E-state index is 11.9. The summed E-state index contributed by atoms with van der Waals surface area (Å²) in [6.07, 6.45) is -0.0675. The fourth-order valence-electron chi connectivity index (χ4n) is 1.65. The van der Waals surface area contributed by atoms with Gasteiger partial charge < -0.3 is 20.4 Å². The van der Waals surface area contributed by atoms with Crippen molar-refractivity contribution < 1.29 is 19.8 Å². The van der Waals surface area contributed by atoms with Gasteiger partial charge in [0.1, 0.15) is 0 Å². The van der Waals surface area contributed by atoms with Gasteiger partial charge in [0.25, 0.3) is 0 Å². The topological polar surface area (TPSA) is 89.9 Å². The number of nitrogens with one attached hydrogen (secondary N) is 1. The van der Waals surface area contributed by atoms with Crippen molar-refractivity contribution >= 4 is 12.0 Å². The average molecular weight is 280 g/mol. The highest BCUT2D eigenvalue weighted by Gasteiger charge is 2.23. The summed E-state index contributed by atoms with van der Waals surface area (Å²) in [4.78, 5) is 24.5. The predicted octanol–water partition coefficient (Wildman–Crippen LogP) is 1.22. The monoisotopic (exact) mass is 280 g/mol. The van der Waals surface area contributed by atoms with Crippen LogP contribution in [0.5, 0.6) is 0 Å². The number of aliphatic carboxylic acids is 1. The second-order valence-corrected chi connectivity index (χ2v) is 4.69. The molecule has 0 saturated heterocycles. The van der Waals surface area contributed by atoms with Crippen molar-refractivity contribution in [1.29, 1.82) is 0 Å². The molecule has 0 heterocycles. The molecule has 0 saturated carbocycles. The first-order valence-electron chi connectivity index (χ1n) is 6.39. The molecular weight excluding hydrogens is 260 g/mol. The molecule has 1 aromatic rings. The van der Waals surface area contributed by atoms with Crippen molar-refractivity contribution in [2.24, 2.45) is 0 Å². The van der Waals surface area contributed by atoms with Gasteiger partial charge >= 0.3 is 12.0 Å². The molecule has 1 aromatic carbocycles. The number of hydrogen-bond donors (Lipinski definition) is 3. The fourth-order valence-corrected chi connectivity index (χ4v) is 1.65. The third-order valence-corrected chi connectivity index (χ3v) is 2.88. The molecule has 3 N–H and O–H groups in total. The molecule has 2 amide bonds. The second-order valence-electron chi connectivity index (χ2n) is 4.69. The molecular formula is C14H20N2O4. The molecule has 6 heteroatoms. The van der Waals surface area contributed by atoms with E-state index >= 15 is 0 Å². The van der Waals surface area contributed by atoms with Gasteiger partial charge in [-0.1, -0.05) is 30.3 Å². The number of carbonyl (C=O) groups is 2. The molecule has 110 valence electrons. The molecule has 0 aliphatic heterocycles. The Morgan fingerprint density at radius 1 is 1.30 bits per heavy atom. The van der Waals surface area contributed by atoms with Crippen molar-refractivity contribution in [3.8, 4) is 0 Å². The minimum absolute atomic E-state index is 0.352. The molecule has 6 nitrogen and oxygen atoms in total. The molecule has 0 spiro atoms. The van der Waals surface area contributed by atoms with Crippen LogP contribution in [0, 0.1) is 0 Å². The lowest BCUT2D eigenvalue weighted by molar-refractivity contribution is -0.139. The van der Waals surface area contributed by atoms with E-state index < -0.39 is 24.1 Å². The van der Waals surface area contributed by atoms with Crippen molar-refractivity contribution in [2.45, 2.75) is 25.5 Å². The Balaban J connectivity index is 2.67. The zero-order valence-electron chi connectivity index (χ0n) is 11.6. The molecule has 2 atom stereocenters. The molecule has 0 radical (unpaired) electrons. The minimum atomic E-state index is -1.12. The predicted molar refractivity (Wildman–Crippen MR) is 74.3 cm³/mol. The van der Waals surface area contributed by atoms with E-state index in [2.05, 4.69) is 5.32 Å². The lowest BCUT2D eigenvalue weighted by Crippen LogP contribution is -2.42. The van der Waals surface area contributed by atoms with Crippen LogP contribution >= 0.6 is 0 Å². The number of urea groups is 1. The zero-order chi connectivity index (χ0) is 15.1. The summed E-state index contributed by atoms with van der Waals surface area (Å²) in [5, 5.41) is 20.8. The molecule has 0 aliphatic rings. The number of carboxylic acids is 1. The largest absolute Gasteiger partial charge is 0.479 e. The Bertz CT molecular complexity index is 448. The highest BCUT2D eigenvalue weighted by atomic mass is 16.4. The summed E-state index contributed by atoms with van der Waals surface area (Å²) in [6.45, 7) is 1.99. The van der Waals surface area contributed by atoms with Gasteiger partial charge in [0.2, 0.25) is 0 Å². The Morgan fingerprint density at radius 3 is 2.40 bits per heavy atom. The van der Waals surface area contributed by atoms with E-state index in [1.807, 2.05) is 0 Å². The van der Waals surface area contributed by atoms with Gasteiger partial charge in [-0.3, -0.25) is 0 Å². The number of aliphatic hydroxyl groups is 1. The van der Waals surface area contributed by atoms with Crippen LogP contribution in [-0.2, 0) is 4.79 Å². The Kier molecular flexibility index (Phi) is 5.99. The third kappa shape index (κ3) is 4.89. The van der Waals surface area contributed by atoms with Gasteiger partial charge in [-0.25, -0.2) is 9.59 Å². The molecule has 0 aliphatic carbocycles. The van der Waals surface area contributed by atoms with Crippen LogP contribution in [0.1, 0.15) is 24.9 Å². The van der Waals surface area contributed by atoms with E-state index in [0.29, 0.717) is 18.5 Å². The van der Waals surface area contributed by atoms with Gasteiger partial charge in [0.05, 0.1) is 6.10 Å². The van der Waals surface area contributed by atoms with E-state index in [1.165, 1.54) is 4.90 Å². The molecule has 0 fully saturated rings. The number of nitrogens with zero attached hydrogens (tertiary/aromatic N) is 1. The standard InChI is InChI=1S/C14H20N2O4/c1-10(17)8-9-16(2)14(20)15-12(13(18)19)11-6-4-3-5-7-11/h3-7,10,12,17H,8-9H2,1-2H3,(H,15,20)(H,18,19)/t10?,12-/m1/s1. The van der Waals surface area contributed by atoms with E-state index in [-0.39, 0.29) is 0 Å². The summed E-state index contributed by atoms with van der Waals surface area (Å²) in [5.41, 5.74) is 0.511. The van der Waals surface area contributed by atoms with Crippen molar-refractivity contribution in [3.63, 3.8) is 0 Å². The smallest absolute Gasteiger partial charge is 0.330 e. The Hall–Kier alpha value is -2.08. The molecule has 0 aromatic heterocycles. The van der Waals surface area contributed by atoms with Crippen molar-refractivity contribution in [1.82, 2.24) is 10.2 Å². The normalized spacial score (nSPS) is 13.3. The van der Waals surface area contributed by atoms with Crippen LogP contribution in [0.2, 0.25) is 0 Å². The Labute approximate surface area is 118 Å². The number of rotatable bonds is 6. The SMILES string of the molecule is CC(O)CCN(C)C(=O)N[C@@H](C(=O)O)c1ccccc1. The summed E-state index contributed by atoms with van der Waals surface area (Å²) >= 11 is 0. The van der Waals surface area contributed by atoms with E-state index in [4.69, 9.17) is 0 Å². The van der Waals surface area contributed by atoms with Crippen molar-refractivity contribution in [2.75, 3.05) is 13.6 Å². The van der Waals surface area contributed by atoms with Gasteiger partial charge in [-0.2, -0.15) is 0 Å². The van der Waals surface area contributed by atoms with Gasteiger partial charge in [-0.05, 0) is 18.9 Å². The second kappa shape index (κ2) is 7.49. The summed E-state index contributed by atoms with van der Waals surface area (Å²) in [6, 6.07) is 6.94. The molecule has 1 rings (SSSR count). The highest BCUT2D eigenvalue weighted by Crippen LogP contribution is 2.13. The fraction of sp³-hybridized carbons (Fsp3) is 0.429.